The van der Waals surface area contributed by atoms with Crippen molar-refractivity contribution in [3.05, 3.63) is 48.0 Å². The van der Waals surface area contributed by atoms with Crippen LogP contribution in [0.25, 0.3) is 10.8 Å². The highest BCUT2D eigenvalue weighted by atomic mass is 16.3. The number of amides is 1. The fourth-order valence-electron chi connectivity index (χ4n) is 6.41. The van der Waals surface area contributed by atoms with E-state index in [4.69, 9.17) is 5.73 Å². The third kappa shape index (κ3) is 11.3. The van der Waals surface area contributed by atoms with Gasteiger partial charge in [-0.25, -0.2) is 0 Å². The molecule has 3 rings (SSSR count). The monoisotopic (exact) mass is 565 g/mol. The molecule has 3 N–H and O–H groups in total. The highest BCUT2D eigenvalue weighted by molar-refractivity contribution is 6.07. The number of unbranched alkanes of at least 4 members (excludes halogenated alkanes) is 12. The Bertz CT molecular complexity index is 990. The zero-order valence-electron chi connectivity index (χ0n) is 26.2. The fourth-order valence-corrected chi connectivity index (χ4v) is 6.41. The lowest BCUT2D eigenvalue weighted by atomic mass is 9.99. The van der Waals surface area contributed by atoms with Crippen molar-refractivity contribution in [1.29, 1.82) is 0 Å². The molecule has 2 aromatic carbocycles. The lowest BCUT2D eigenvalue weighted by Gasteiger charge is -2.43. The molecular formula is C36H59N3O2. The number of hydrogen-bond donors (Lipinski definition) is 2. The van der Waals surface area contributed by atoms with E-state index in [0.717, 1.165) is 61.5 Å². The number of piperazine rings is 1. The van der Waals surface area contributed by atoms with Crippen molar-refractivity contribution in [3.8, 4) is 0 Å². The molecule has 1 heterocycles. The Kier molecular flexibility index (Phi) is 15.8. The number of nitrogens with two attached hydrogens (primary N) is 1. The van der Waals surface area contributed by atoms with Crippen LogP contribution in [0, 0.1) is 0 Å². The number of aliphatic hydroxyl groups is 1. The van der Waals surface area contributed by atoms with Crippen LogP contribution in [-0.4, -0.2) is 65.2 Å². The minimum Gasteiger partial charge on any atom is -0.391 e. The summed E-state index contributed by atoms with van der Waals surface area (Å²) in [7, 11) is 0. The summed E-state index contributed by atoms with van der Waals surface area (Å²) in [4.78, 5) is 18.1. The van der Waals surface area contributed by atoms with Gasteiger partial charge in [0, 0.05) is 43.8 Å². The van der Waals surface area contributed by atoms with E-state index in [1.165, 1.54) is 70.6 Å². The minimum absolute atomic E-state index is 0.124. The zero-order valence-corrected chi connectivity index (χ0v) is 26.2. The van der Waals surface area contributed by atoms with Crippen molar-refractivity contribution >= 4 is 16.7 Å². The van der Waals surface area contributed by atoms with Crippen molar-refractivity contribution in [2.24, 2.45) is 5.73 Å². The second kappa shape index (κ2) is 19.3. The predicted molar refractivity (Wildman–Crippen MR) is 174 cm³/mol. The summed E-state index contributed by atoms with van der Waals surface area (Å²) in [6.07, 6.45) is 19.5. The van der Waals surface area contributed by atoms with Crippen molar-refractivity contribution in [3.63, 3.8) is 0 Å². The number of benzene rings is 2. The van der Waals surface area contributed by atoms with Crippen LogP contribution >= 0.6 is 0 Å². The summed E-state index contributed by atoms with van der Waals surface area (Å²) in [5.41, 5.74) is 7.35. The first-order valence-corrected chi connectivity index (χ1v) is 17.0. The maximum Gasteiger partial charge on any atom is 0.254 e. The quantitative estimate of drug-likeness (QED) is 0.160. The topological polar surface area (TPSA) is 69.8 Å². The molecule has 0 aliphatic carbocycles. The maximum atomic E-state index is 13.6. The molecule has 1 aliphatic heterocycles. The van der Waals surface area contributed by atoms with Gasteiger partial charge in [0.1, 0.15) is 0 Å². The number of aliphatic hydroxyl groups excluding tert-OH is 1. The molecule has 230 valence electrons. The van der Waals surface area contributed by atoms with Crippen molar-refractivity contribution in [1.82, 2.24) is 9.80 Å². The van der Waals surface area contributed by atoms with Gasteiger partial charge in [0.2, 0.25) is 0 Å². The summed E-state index contributed by atoms with van der Waals surface area (Å²) in [6.45, 7) is 7.43. The number of carbonyl (C=O) groups is 1. The first-order chi connectivity index (χ1) is 20.0. The Hall–Kier alpha value is -1.95. The number of hydrogen-bond acceptors (Lipinski definition) is 4. The standard InChI is InChI=1S/C36H59N3O2/c1-3-5-7-8-9-10-11-12-13-14-15-16-25-35(40)34(37)29-38-26-27-39(28-31(38)22-6-4-2)36(41)33-24-19-21-30-20-17-18-23-32(30)33/h17-21,23-24,31,34-35,40H,3-16,22,25-29,37H2,1-2H3/t31-,34?,35?/m0/s1. The SMILES string of the molecule is CCCCCCCCCCCCCCC(O)C(N)CN1CCN(C(=O)c2cccc3ccccc23)C[C@@H]1CCCC. The molecule has 41 heavy (non-hydrogen) atoms. The Balaban J connectivity index is 1.39. The number of nitrogens with zero attached hydrogens (tertiary/aromatic N) is 2. The van der Waals surface area contributed by atoms with Gasteiger partial charge >= 0.3 is 0 Å². The maximum absolute atomic E-state index is 13.6. The molecule has 0 radical (unpaired) electrons. The van der Waals surface area contributed by atoms with Gasteiger partial charge < -0.3 is 15.7 Å². The van der Waals surface area contributed by atoms with Crippen LogP contribution < -0.4 is 5.73 Å². The molecule has 0 spiro atoms. The Labute approximate surface area is 250 Å². The average molecular weight is 566 g/mol. The average Bonchev–Trinajstić information content (AvgIpc) is 3.00. The summed E-state index contributed by atoms with van der Waals surface area (Å²) < 4.78 is 0. The summed E-state index contributed by atoms with van der Waals surface area (Å²) in [5.74, 6) is 0.124. The van der Waals surface area contributed by atoms with Crippen molar-refractivity contribution in [2.75, 3.05) is 26.2 Å². The van der Waals surface area contributed by atoms with Crippen LogP contribution in [0.2, 0.25) is 0 Å². The van der Waals surface area contributed by atoms with Crippen LogP contribution in [0.5, 0.6) is 0 Å². The Morgan fingerprint density at radius 1 is 0.829 bits per heavy atom. The molecule has 5 heteroatoms. The van der Waals surface area contributed by atoms with Gasteiger partial charge in [-0.3, -0.25) is 9.69 Å². The first-order valence-electron chi connectivity index (χ1n) is 17.0. The predicted octanol–water partition coefficient (Wildman–Crippen LogP) is 7.94. The minimum atomic E-state index is -0.458. The third-order valence-electron chi connectivity index (χ3n) is 9.10. The summed E-state index contributed by atoms with van der Waals surface area (Å²) in [6, 6.07) is 14.2. The van der Waals surface area contributed by atoms with Gasteiger partial charge in [0.15, 0.2) is 0 Å². The van der Waals surface area contributed by atoms with Crippen LogP contribution in [0.3, 0.4) is 0 Å². The molecule has 3 atom stereocenters. The normalized spacial score (nSPS) is 17.7. The van der Waals surface area contributed by atoms with E-state index < -0.39 is 6.10 Å². The smallest absolute Gasteiger partial charge is 0.254 e. The first kappa shape index (κ1) is 33.6. The molecule has 0 bridgehead atoms. The van der Waals surface area contributed by atoms with E-state index in [-0.39, 0.29) is 18.0 Å². The number of carbonyl (C=O) groups excluding carboxylic acids is 1. The van der Waals surface area contributed by atoms with E-state index in [9.17, 15) is 9.90 Å². The van der Waals surface area contributed by atoms with Gasteiger partial charge in [-0.05, 0) is 29.7 Å². The fraction of sp³-hybridized carbons (Fsp3) is 0.694. The molecule has 2 aromatic rings. The van der Waals surface area contributed by atoms with Gasteiger partial charge in [-0.1, -0.05) is 140 Å². The molecule has 2 unspecified atom stereocenters. The largest absolute Gasteiger partial charge is 0.391 e. The highest BCUT2D eigenvalue weighted by Crippen LogP contribution is 2.23. The Morgan fingerprint density at radius 2 is 1.44 bits per heavy atom. The van der Waals surface area contributed by atoms with E-state index >= 15 is 0 Å². The molecule has 1 fully saturated rings. The second-order valence-corrected chi connectivity index (χ2v) is 12.5. The summed E-state index contributed by atoms with van der Waals surface area (Å²) >= 11 is 0. The van der Waals surface area contributed by atoms with Gasteiger partial charge in [0.05, 0.1) is 6.10 Å². The molecule has 5 nitrogen and oxygen atoms in total. The van der Waals surface area contributed by atoms with Crippen LogP contribution in [0.1, 0.15) is 127 Å². The molecule has 1 aliphatic rings. The van der Waals surface area contributed by atoms with Crippen LogP contribution in [-0.2, 0) is 0 Å². The van der Waals surface area contributed by atoms with Crippen LogP contribution in [0.15, 0.2) is 42.5 Å². The van der Waals surface area contributed by atoms with Gasteiger partial charge in [0.25, 0.3) is 5.91 Å². The molecule has 1 amide bonds. The van der Waals surface area contributed by atoms with Gasteiger partial charge in [-0.2, -0.15) is 0 Å². The molecule has 1 saturated heterocycles. The van der Waals surface area contributed by atoms with E-state index in [1.807, 2.05) is 35.2 Å². The summed E-state index contributed by atoms with van der Waals surface area (Å²) in [5, 5.41) is 13.0. The third-order valence-corrected chi connectivity index (χ3v) is 9.10. The van der Waals surface area contributed by atoms with E-state index in [2.05, 4.69) is 30.9 Å². The van der Waals surface area contributed by atoms with E-state index in [1.54, 1.807) is 0 Å². The molecule has 0 saturated carbocycles. The van der Waals surface area contributed by atoms with Gasteiger partial charge in [-0.15, -0.1) is 0 Å². The lowest BCUT2D eigenvalue weighted by molar-refractivity contribution is 0.0341. The van der Waals surface area contributed by atoms with E-state index in [0.29, 0.717) is 13.1 Å². The number of rotatable bonds is 20. The molecular weight excluding hydrogens is 506 g/mol. The second-order valence-electron chi connectivity index (χ2n) is 12.5. The van der Waals surface area contributed by atoms with Crippen LogP contribution in [0.4, 0.5) is 0 Å². The highest BCUT2D eigenvalue weighted by Gasteiger charge is 2.32. The van der Waals surface area contributed by atoms with Crippen molar-refractivity contribution in [2.45, 2.75) is 135 Å². The lowest BCUT2D eigenvalue weighted by Crippen LogP contribution is -2.58. The Morgan fingerprint density at radius 3 is 2.12 bits per heavy atom. The molecule has 0 aromatic heterocycles. The number of fused-ring (bicyclic) bond motifs is 1. The van der Waals surface area contributed by atoms with Crippen molar-refractivity contribution < 1.29 is 9.90 Å². The zero-order chi connectivity index (χ0) is 29.3.